The van der Waals surface area contributed by atoms with Crippen molar-refractivity contribution in [3.8, 4) is 0 Å². The van der Waals surface area contributed by atoms with E-state index < -0.39 is 9.84 Å². The third-order valence-corrected chi connectivity index (χ3v) is 7.21. The predicted octanol–water partition coefficient (Wildman–Crippen LogP) is 5.11. The largest absolute Gasteiger partial charge is 0.279 e. The Morgan fingerprint density at radius 2 is 1.68 bits per heavy atom. The third kappa shape index (κ3) is 4.68. The Kier molecular flexibility index (Phi) is 5.89. The molecule has 0 fully saturated rings. The molecule has 1 heterocycles. The second-order valence-corrected chi connectivity index (χ2v) is 10.4. The Morgan fingerprint density at radius 1 is 0.968 bits per heavy atom. The van der Waals surface area contributed by atoms with Crippen LogP contribution in [0, 0.1) is 0 Å². The molecule has 0 radical (unpaired) electrons. The van der Waals surface area contributed by atoms with Crippen molar-refractivity contribution >= 4 is 42.4 Å². The fourth-order valence-corrected chi connectivity index (χ4v) is 4.94. The van der Waals surface area contributed by atoms with E-state index in [-0.39, 0.29) is 10.8 Å². The molecule has 158 valence electrons. The Balaban J connectivity index is 1.74. The highest BCUT2D eigenvalue weighted by atomic mass is 32.2. The van der Waals surface area contributed by atoms with Crippen molar-refractivity contribution in [1.82, 2.24) is 4.98 Å². The number of sulfone groups is 1. The number of nitrogens with zero attached hydrogens (tertiary/aromatic N) is 2. The molecule has 3 aromatic carbocycles. The molecule has 4 rings (SSSR count). The molecule has 0 aliphatic heterocycles. The Hall–Kier alpha value is -3.03. The number of aromatic nitrogens is 1. The molecular formula is C24H22N2O3S2. The van der Waals surface area contributed by atoms with Crippen molar-refractivity contribution in [2.75, 3.05) is 11.2 Å². The average molecular weight is 451 g/mol. The summed E-state index contributed by atoms with van der Waals surface area (Å²) in [5, 5.41) is 0.615. The summed E-state index contributed by atoms with van der Waals surface area (Å²) < 4.78 is 24.6. The van der Waals surface area contributed by atoms with Crippen LogP contribution in [0.4, 0.5) is 5.13 Å². The first-order valence-electron chi connectivity index (χ1n) is 9.90. The van der Waals surface area contributed by atoms with Gasteiger partial charge in [0, 0.05) is 11.8 Å². The number of amides is 1. The molecule has 0 unspecified atom stereocenters. The first-order chi connectivity index (χ1) is 14.8. The van der Waals surface area contributed by atoms with E-state index in [2.05, 4.69) is 19.1 Å². The van der Waals surface area contributed by atoms with Gasteiger partial charge in [0.1, 0.15) is 0 Å². The lowest BCUT2D eigenvalue weighted by Gasteiger charge is -2.20. The number of carbonyl (C=O) groups excluding carboxylic acids is 1. The third-order valence-electron chi connectivity index (χ3n) is 5.04. The van der Waals surface area contributed by atoms with Gasteiger partial charge in [-0.1, -0.05) is 54.7 Å². The molecule has 0 saturated carbocycles. The van der Waals surface area contributed by atoms with Crippen LogP contribution in [0.25, 0.3) is 10.2 Å². The maximum Gasteiger partial charge on any atom is 0.260 e. The molecule has 1 aromatic heterocycles. The molecule has 0 atom stereocenters. The van der Waals surface area contributed by atoms with Crippen LogP contribution < -0.4 is 4.90 Å². The van der Waals surface area contributed by atoms with Crippen LogP contribution in [0.3, 0.4) is 0 Å². The van der Waals surface area contributed by atoms with Crippen LogP contribution in [0.1, 0.15) is 28.4 Å². The summed E-state index contributed by atoms with van der Waals surface area (Å²) in [6.07, 6.45) is 2.08. The first-order valence-corrected chi connectivity index (χ1v) is 12.6. The van der Waals surface area contributed by atoms with Gasteiger partial charge in [-0.05, 0) is 53.9 Å². The summed E-state index contributed by atoms with van der Waals surface area (Å²) in [6, 6.07) is 21.9. The van der Waals surface area contributed by atoms with Gasteiger partial charge in [0.25, 0.3) is 5.91 Å². The zero-order valence-electron chi connectivity index (χ0n) is 17.3. The smallest absolute Gasteiger partial charge is 0.260 e. The molecule has 0 saturated heterocycles. The fourth-order valence-electron chi connectivity index (χ4n) is 3.29. The quantitative estimate of drug-likeness (QED) is 0.409. The highest BCUT2D eigenvalue weighted by molar-refractivity contribution is 7.90. The van der Waals surface area contributed by atoms with Crippen LogP contribution >= 0.6 is 11.3 Å². The maximum absolute atomic E-state index is 13.5. The summed E-state index contributed by atoms with van der Waals surface area (Å²) in [4.78, 5) is 20.0. The van der Waals surface area contributed by atoms with E-state index in [1.165, 1.54) is 29.0 Å². The van der Waals surface area contributed by atoms with Gasteiger partial charge in [0.05, 0.1) is 21.7 Å². The van der Waals surface area contributed by atoms with Gasteiger partial charge in [-0.3, -0.25) is 9.69 Å². The van der Waals surface area contributed by atoms with Crippen LogP contribution in [0.2, 0.25) is 0 Å². The Morgan fingerprint density at radius 3 is 2.32 bits per heavy atom. The summed E-state index contributed by atoms with van der Waals surface area (Å²) >= 11 is 1.48. The zero-order valence-corrected chi connectivity index (χ0v) is 18.9. The lowest BCUT2D eigenvalue weighted by Crippen LogP contribution is -2.30. The van der Waals surface area contributed by atoms with Gasteiger partial charge in [0.2, 0.25) is 0 Å². The van der Waals surface area contributed by atoms with Crippen molar-refractivity contribution in [3.05, 3.63) is 89.5 Å². The minimum atomic E-state index is -3.33. The molecule has 1 amide bonds. The van der Waals surface area contributed by atoms with E-state index in [1.807, 2.05) is 36.4 Å². The number of fused-ring (bicyclic) bond motifs is 1. The Labute approximate surface area is 185 Å². The normalized spacial score (nSPS) is 11.5. The number of carbonyl (C=O) groups is 1. The molecule has 0 N–H and O–H groups in total. The van der Waals surface area contributed by atoms with Crippen LogP contribution in [0.5, 0.6) is 0 Å². The van der Waals surface area contributed by atoms with E-state index in [0.717, 1.165) is 28.5 Å². The monoisotopic (exact) mass is 450 g/mol. The second kappa shape index (κ2) is 8.61. The van der Waals surface area contributed by atoms with Crippen LogP contribution in [-0.2, 0) is 22.8 Å². The number of hydrogen-bond donors (Lipinski definition) is 0. The minimum absolute atomic E-state index is 0.186. The van der Waals surface area contributed by atoms with Gasteiger partial charge >= 0.3 is 0 Å². The molecule has 0 spiro atoms. The summed E-state index contributed by atoms with van der Waals surface area (Å²) in [5.41, 5.74) is 3.48. The summed E-state index contributed by atoms with van der Waals surface area (Å²) in [7, 11) is -3.33. The molecule has 5 nitrogen and oxygen atoms in total. The standard InChI is InChI=1S/C24H22N2O3S2/c1-3-17-9-14-21-22(15-17)30-24(25-21)26(16-18-7-5-4-6-8-18)23(27)19-10-12-20(13-11-19)31(2,28)29/h4-15H,3,16H2,1-2H3. The molecule has 0 aliphatic rings. The molecule has 31 heavy (non-hydrogen) atoms. The first kappa shape index (κ1) is 21.2. The van der Waals surface area contributed by atoms with Gasteiger partial charge in [-0.25, -0.2) is 13.4 Å². The van der Waals surface area contributed by atoms with Gasteiger partial charge in [0.15, 0.2) is 15.0 Å². The van der Waals surface area contributed by atoms with Crippen LogP contribution in [0.15, 0.2) is 77.7 Å². The molecule has 0 aliphatic carbocycles. The zero-order chi connectivity index (χ0) is 22.0. The van der Waals surface area contributed by atoms with Crippen molar-refractivity contribution in [2.24, 2.45) is 0 Å². The lowest BCUT2D eigenvalue weighted by molar-refractivity contribution is 0.0985. The van der Waals surface area contributed by atoms with Crippen molar-refractivity contribution in [3.63, 3.8) is 0 Å². The van der Waals surface area contributed by atoms with Gasteiger partial charge < -0.3 is 0 Å². The van der Waals surface area contributed by atoms with E-state index >= 15 is 0 Å². The maximum atomic E-state index is 13.5. The van der Waals surface area contributed by atoms with E-state index in [4.69, 9.17) is 4.98 Å². The molecular weight excluding hydrogens is 428 g/mol. The van der Waals surface area contributed by atoms with Crippen molar-refractivity contribution in [1.29, 1.82) is 0 Å². The van der Waals surface area contributed by atoms with E-state index in [9.17, 15) is 13.2 Å². The Bertz CT molecular complexity index is 1330. The predicted molar refractivity (Wildman–Crippen MR) is 126 cm³/mol. The highest BCUT2D eigenvalue weighted by Crippen LogP contribution is 2.31. The SMILES string of the molecule is CCc1ccc2nc(N(Cc3ccccc3)C(=O)c3ccc(S(C)(=O)=O)cc3)sc2c1. The van der Waals surface area contributed by atoms with E-state index in [0.29, 0.717) is 17.2 Å². The van der Waals surface area contributed by atoms with Crippen LogP contribution in [-0.4, -0.2) is 25.6 Å². The molecule has 4 aromatic rings. The number of thiazole rings is 1. The fraction of sp³-hybridized carbons (Fsp3) is 0.167. The number of rotatable bonds is 6. The van der Waals surface area contributed by atoms with E-state index in [1.54, 1.807) is 17.0 Å². The van der Waals surface area contributed by atoms with Crippen molar-refractivity contribution in [2.45, 2.75) is 24.8 Å². The minimum Gasteiger partial charge on any atom is -0.279 e. The molecule has 7 heteroatoms. The molecule has 0 bridgehead atoms. The van der Waals surface area contributed by atoms with Gasteiger partial charge in [-0.2, -0.15) is 0 Å². The lowest BCUT2D eigenvalue weighted by atomic mass is 10.1. The van der Waals surface area contributed by atoms with Crippen molar-refractivity contribution < 1.29 is 13.2 Å². The van der Waals surface area contributed by atoms with Gasteiger partial charge in [-0.15, -0.1) is 0 Å². The summed E-state index contributed by atoms with van der Waals surface area (Å²) in [6.45, 7) is 2.47. The number of aryl methyl sites for hydroxylation is 1. The number of hydrogen-bond acceptors (Lipinski definition) is 5. The average Bonchev–Trinajstić information content (AvgIpc) is 3.20. The second-order valence-electron chi connectivity index (χ2n) is 7.33. The highest BCUT2D eigenvalue weighted by Gasteiger charge is 2.22. The number of benzene rings is 3. The summed E-state index contributed by atoms with van der Waals surface area (Å²) in [5.74, 6) is -0.223. The number of anilines is 1. The topological polar surface area (TPSA) is 67.3 Å².